The molecule has 1 N–H and O–H groups in total. The quantitative estimate of drug-likeness (QED) is 0.928. The minimum atomic E-state index is -0.830. The van der Waals surface area contributed by atoms with E-state index in [0.717, 1.165) is 18.5 Å². The summed E-state index contributed by atoms with van der Waals surface area (Å²) in [5, 5.41) is 12.7. The van der Waals surface area contributed by atoms with Crippen LogP contribution >= 0.6 is 0 Å². The van der Waals surface area contributed by atoms with Gasteiger partial charge in [0, 0.05) is 30.7 Å². The SMILES string of the molecule is N#C[C@@]1(C2CC2)CCN(c2ccnc(Nc3ccncn3)c2)C1=O. The molecule has 7 heteroatoms. The zero-order valence-corrected chi connectivity index (χ0v) is 13.0. The second kappa shape index (κ2) is 5.57. The van der Waals surface area contributed by atoms with Crippen molar-refractivity contribution in [1.29, 1.82) is 5.26 Å². The first-order valence-corrected chi connectivity index (χ1v) is 7.95. The van der Waals surface area contributed by atoms with Crippen molar-refractivity contribution < 1.29 is 4.79 Å². The van der Waals surface area contributed by atoms with Gasteiger partial charge < -0.3 is 10.2 Å². The molecular formula is C17H16N6O. The van der Waals surface area contributed by atoms with E-state index < -0.39 is 5.41 Å². The Labute approximate surface area is 139 Å². The van der Waals surface area contributed by atoms with E-state index in [0.29, 0.717) is 24.6 Å². The minimum Gasteiger partial charge on any atom is -0.325 e. The molecular weight excluding hydrogens is 304 g/mol. The fourth-order valence-corrected chi connectivity index (χ4v) is 3.29. The van der Waals surface area contributed by atoms with Crippen LogP contribution in [0.1, 0.15) is 19.3 Å². The molecule has 7 nitrogen and oxygen atoms in total. The highest BCUT2D eigenvalue weighted by atomic mass is 16.2. The number of hydrogen-bond acceptors (Lipinski definition) is 6. The number of amides is 1. The Morgan fingerprint density at radius 3 is 2.83 bits per heavy atom. The molecule has 1 aliphatic carbocycles. The first kappa shape index (κ1) is 14.6. The van der Waals surface area contributed by atoms with Gasteiger partial charge in [0.05, 0.1) is 6.07 Å². The van der Waals surface area contributed by atoms with Gasteiger partial charge in [0.25, 0.3) is 0 Å². The molecule has 0 unspecified atom stereocenters. The van der Waals surface area contributed by atoms with Crippen molar-refractivity contribution in [2.45, 2.75) is 19.3 Å². The molecule has 120 valence electrons. The molecule has 1 saturated carbocycles. The second-order valence-electron chi connectivity index (χ2n) is 6.18. The lowest BCUT2D eigenvalue weighted by Crippen LogP contribution is -2.35. The summed E-state index contributed by atoms with van der Waals surface area (Å²) in [6.45, 7) is 0.569. The number of rotatable bonds is 4. The molecule has 2 aromatic heterocycles. The van der Waals surface area contributed by atoms with Crippen LogP contribution in [0.25, 0.3) is 0 Å². The van der Waals surface area contributed by atoms with Gasteiger partial charge in [-0.15, -0.1) is 0 Å². The fraction of sp³-hybridized carbons (Fsp3) is 0.353. The van der Waals surface area contributed by atoms with E-state index >= 15 is 0 Å². The maximum atomic E-state index is 12.9. The van der Waals surface area contributed by atoms with E-state index in [-0.39, 0.29) is 11.8 Å². The second-order valence-corrected chi connectivity index (χ2v) is 6.18. The van der Waals surface area contributed by atoms with Crippen molar-refractivity contribution >= 4 is 23.2 Å². The summed E-state index contributed by atoms with van der Waals surface area (Å²) in [5.41, 5.74) is -0.0758. The number of carbonyl (C=O) groups excluding carboxylic acids is 1. The number of carbonyl (C=O) groups is 1. The number of hydrogen-bond donors (Lipinski definition) is 1. The van der Waals surface area contributed by atoms with Crippen LogP contribution in [-0.4, -0.2) is 27.4 Å². The number of nitrogens with one attached hydrogen (secondary N) is 1. The van der Waals surface area contributed by atoms with E-state index in [1.807, 2.05) is 0 Å². The van der Waals surface area contributed by atoms with E-state index in [1.165, 1.54) is 6.33 Å². The lowest BCUT2D eigenvalue weighted by molar-refractivity contribution is -0.123. The van der Waals surface area contributed by atoms with Gasteiger partial charge in [0.15, 0.2) is 0 Å². The number of nitrogens with zero attached hydrogens (tertiary/aromatic N) is 5. The first-order valence-electron chi connectivity index (χ1n) is 7.95. The Kier molecular flexibility index (Phi) is 3.38. The van der Waals surface area contributed by atoms with Gasteiger partial charge in [-0.05, 0) is 37.3 Å². The third-order valence-corrected chi connectivity index (χ3v) is 4.72. The molecule has 1 saturated heterocycles. The Morgan fingerprint density at radius 1 is 1.25 bits per heavy atom. The van der Waals surface area contributed by atoms with Crippen LogP contribution in [0.15, 0.2) is 36.9 Å². The van der Waals surface area contributed by atoms with Crippen molar-refractivity contribution in [1.82, 2.24) is 15.0 Å². The van der Waals surface area contributed by atoms with Crippen LogP contribution in [0.3, 0.4) is 0 Å². The standard InChI is InChI=1S/C17H16N6O/c18-10-17(12-1-2-12)5-8-23(16(17)24)13-3-7-20-15(9-13)22-14-4-6-19-11-21-14/h3-4,6-7,9,11-12H,1-2,5,8H2,(H,19,20,21,22)/t17-/m1/s1. The molecule has 3 heterocycles. The maximum absolute atomic E-state index is 12.9. The molecule has 2 fully saturated rings. The normalized spacial score (nSPS) is 23.1. The summed E-state index contributed by atoms with van der Waals surface area (Å²) in [6.07, 6.45) is 7.29. The smallest absolute Gasteiger partial charge is 0.247 e. The molecule has 1 aliphatic heterocycles. The molecule has 4 rings (SSSR count). The summed E-state index contributed by atoms with van der Waals surface area (Å²) < 4.78 is 0. The van der Waals surface area contributed by atoms with Crippen LogP contribution in [0.2, 0.25) is 0 Å². The Balaban J connectivity index is 1.58. The van der Waals surface area contributed by atoms with Crippen molar-refractivity contribution in [2.24, 2.45) is 11.3 Å². The predicted octanol–water partition coefficient (Wildman–Crippen LogP) is 2.27. The van der Waals surface area contributed by atoms with Gasteiger partial charge in [0.1, 0.15) is 23.4 Å². The fourth-order valence-electron chi connectivity index (χ4n) is 3.29. The van der Waals surface area contributed by atoms with E-state index in [2.05, 4.69) is 26.3 Å². The minimum absolute atomic E-state index is 0.0771. The molecule has 0 spiro atoms. The van der Waals surface area contributed by atoms with Gasteiger partial charge in [-0.2, -0.15) is 5.26 Å². The average Bonchev–Trinajstić information content (AvgIpc) is 3.41. The van der Waals surface area contributed by atoms with Gasteiger partial charge >= 0.3 is 0 Å². The highest BCUT2D eigenvalue weighted by Crippen LogP contribution is 2.51. The molecule has 2 aliphatic rings. The Bertz CT molecular complexity index is 813. The van der Waals surface area contributed by atoms with Crippen molar-refractivity contribution in [3.63, 3.8) is 0 Å². The van der Waals surface area contributed by atoms with Gasteiger partial charge in [0.2, 0.25) is 5.91 Å². The topological polar surface area (TPSA) is 94.8 Å². The third-order valence-electron chi connectivity index (χ3n) is 4.72. The van der Waals surface area contributed by atoms with Crippen LogP contribution in [-0.2, 0) is 4.79 Å². The van der Waals surface area contributed by atoms with E-state index in [1.54, 1.807) is 35.5 Å². The maximum Gasteiger partial charge on any atom is 0.247 e. The van der Waals surface area contributed by atoms with Crippen LogP contribution in [0.5, 0.6) is 0 Å². The third kappa shape index (κ3) is 2.36. The highest BCUT2D eigenvalue weighted by Gasteiger charge is 2.56. The highest BCUT2D eigenvalue weighted by molar-refractivity contribution is 6.02. The summed E-state index contributed by atoms with van der Waals surface area (Å²) in [6, 6.07) is 7.64. The molecule has 1 atom stereocenters. The van der Waals surface area contributed by atoms with Crippen LogP contribution < -0.4 is 10.2 Å². The van der Waals surface area contributed by atoms with Gasteiger partial charge in [-0.1, -0.05) is 0 Å². The number of pyridine rings is 1. The zero-order valence-electron chi connectivity index (χ0n) is 13.0. The predicted molar refractivity (Wildman–Crippen MR) is 87.3 cm³/mol. The van der Waals surface area contributed by atoms with Crippen molar-refractivity contribution in [3.05, 3.63) is 36.9 Å². The molecule has 1 amide bonds. The molecule has 24 heavy (non-hydrogen) atoms. The van der Waals surface area contributed by atoms with E-state index in [9.17, 15) is 10.1 Å². The van der Waals surface area contributed by atoms with Crippen molar-refractivity contribution in [3.8, 4) is 6.07 Å². The molecule has 2 aromatic rings. The van der Waals surface area contributed by atoms with E-state index in [4.69, 9.17) is 0 Å². The molecule has 0 radical (unpaired) electrons. The number of nitriles is 1. The summed E-state index contributed by atoms with van der Waals surface area (Å²) >= 11 is 0. The summed E-state index contributed by atoms with van der Waals surface area (Å²) in [4.78, 5) is 26.8. The van der Waals surface area contributed by atoms with Crippen LogP contribution in [0.4, 0.5) is 17.3 Å². The molecule has 0 bridgehead atoms. The first-order chi connectivity index (χ1) is 11.7. The Hall–Kier alpha value is -3.01. The van der Waals surface area contributed by atoms with Crippen molar-refractivity contribution in [2.75, 3.05) is 16.8 Å². The van der Waals surface area contributed by atoms with Gasteiger partial charge in [-0.25, -0.2) is 15.0 Å². The number of aromatic nitrogens is 3. The average molecular weight is 320 g/mol. The Morgan fingerprint density at radius 2 is 2.12 bits per heavy atom. The lowest BCUT2D eigenvalue weighted by atomic mass is 9.83. The number of anilines is 3. The monoisotopic (exact) mass is 320 g/mol. The zero-order chi connectivity index (χ0) is 16.6. The lowest BCUT2D eigenvalue weighted by Gasteiger charge is -2.21. The summed E-state index contributed by atoms with van der Waals surface area (Å²) in [7, 11) is 0. The van der Waals surface area contributed by atoms with Gasteiger partial charge in [-0.3, -0.25) is 4.79 Å². The largest absolute Gasteiger partial charge is 0.325 e. The van der Waals surface area contributed by atoms with Crippen LogP contribution in [0, 0.1) is 22.7 Å². The molecule has 0 aromatic carbocycles. The summed E-state index contributed by atoms with van der Waals surface area (Å²) in [5.74, 6) is 1.37.